The van der Waals surface area contributed by atoms with Crippen molar-refractivity contribution in [1.82, 2.24) is 0 Å². The Morgan fingerprint density at radius 3 is 2.65 bits per heavy atom. The van der Waals surface area contributed by atoms with Crippen LogP contribution in [0.5, 0.6) is 5.75 Å². The van der Waals surface area contributed by atoms with Gasteiger partial charge >= 0.3 is 5.97 Å². The summed E-state index contributed by atoms with van der Waals surface area (Å²) in [5.41, 5.74) is 0.363. The standard InChI is InChI=1S/C18H28O5/c1-3-5-6-9-12-21-13-15(19)14-23-17-11-8-7-10-16(17)18(20)22-4-2/h7-8,10-11,15,19H,3-6,9,12-14H2,1-2H3/t15-/m1/s1. The average Bonchev–Trinajstić information content (AvgIpc) is 2.56. The van der Waals surface area contributed by atoms with Crippen molar-refractivity contribution >= 4 is 5.97 Å². The predicted molar refractivity (Wildman–Crippen MR) is 88.9 cm³/mol. The lowest BCUT2D eigenvalue weighted by Crippen LogP contribution is -2.24. The molecule has 0 aliphatic heterocycles. The molecule has 0 bridgehead atoms. The number of aliphatic hydroxyl groups excluding tert-OH is 1. The molecule has 1 atom stereocenters. The molecule has 0 amide bonds. The maximum Gasteiger partial charge on any atom is 0.341 e. The van der Waals surface area contributed by atoms with Crippen LogP contribution >= 0.6 is 0 Å². The van der Waals surface area contributed by atoms with Gasteiger partial charge in [0.25, 0.3) is 0 Å². The molecule has 1 aromatic carbocycles. The van der Waals surface area contributed by atoms with Crippen molar-refractivity contribution in [2.75, 3.05) is 26.4 Å². The van der Waals surface area contributed by atoms with E-state index in [4.69, 9.17) is 14.2 Å². The molecule has 0 radical (unpaired) electrons. The van der Waals surface area contributed by atoms with Gasteiger partial charge in [0, 0.05) is 6.61 Å². The first-order chi connectivity index (χ1) is 11.2. The van der Waals surface area contributed by atoms with Gasteiger partial charge in [0.2, 0.25) is 0 Å². The Balaban J connectivity index is 2.32. The Morgan fingerprint density at radius 1 is 1.13 bits per heavy atom. The van der Waals surface area contributed by atoms with Crippen LogP contribution in [0.15, 0.2) is 24.3 Å². The highest BCUT2D eigenvalue weighted by Crippen LogP contribution is 2.19. The van der Waals surface area contributed by atoms with E-state index in [-0.39, 0.29) is 13.2 Å². The van der Waals surface area contributed by atoms with Gasteiger partial charge in [-0.2, -0.15) is 0 Å². The number of aliphatic hydroxyl groups is 1. The summed E-state index contributed by atoms with van der Waals surface area (Å²) in [6.07, 6.45) is 3.83. The van der Waals surface area contributed by atoms with E-state index in [0.29, 0.717) is 24.5 Å². The summed E-state index contributed by atoms with van der Waals surface area (Å²) in [7, 11) is 0. The lowest BCUT2D eigenvalue weighted by atomic mass is 10.2. The topological polar surface area (TPSA) is 65.0 Å². The Labute approximate surface area is 138 Å². The summed E-state index contributed by atoms with van der Waals surface area (Å²) in [6.45, 7) is 5.18. The lowest BCUT2D eigenvalue weighted by molar-refractivity contribution is 0.0105. The van der Waals surface area contributed by atoms with Crippen molar-refractivity contribution in [1.29, 1.82) is 0 Å². The minimum atomic E-state index is -0.726. The molecule has 0 heterocycles. The molecule has 0 saturated carbocycles. The van der Waals surface area contributed by atoms with E-state index in [1.165, 1.54) is 12.8 Å². The van der Waals surface area contributed by atoms with Crippen LogP contribution in [0, 0.1) is 0 Å². The number of esters is 1. The maximum atomic E-state index is 11.8. The second-order valence-corrected chi connectivity index (χ2v) is 5.32. The van der Waals surface area contributed by atoms with Crippen molar-refractivity contribution < 1.29 is 24.1 Å². The number of carbonyl (C=O) groups is 1. The lowest BCUT2D eigenvalue weighted by Gasteiger charge is -2.14. The van der Waals surface area contributed by atoms with Crippen molar-refractivity contribution in [3.63, 3.8) is 0 Å². The van der Waals surface area contributed by atoms with E-state index in [1.807, 2.05) is 0 Å². The monoisotopic (exact) mass is 324 g/mol. The second kappa shape index (κ2) is 11.9. The van der Waals surface area contributed by atoms with Crippen molar-refractivity contribution in [2.24, 2.45) is 0 Å². The number of para-hydroxylation sites is 1. The van der Waals surface area contributed by atoms with Crippen LogP contribution < -0.4 is 4.74 Å². The van der Waals surface area contributed by atoms with E-state index >= 15 is 0 Å². The molecule has 0 saturated heterocycles. The molecule has 0 fully saturated rings. The van der Waals surface area contributed by atoms with Gasteiger partial charge < -0.3 is 19.3 Å². The van der Waals surface area contributed by atoms with E-state index in [9.17, 15) is 9.90 Å². The number of ether oxygens (including phenoxy) is 3. The molecule has 0 aromatic heterocycles. The number of hydrogen-bond acceptors (Lipinski definition) is 5. The molecule has 1 N–H and O–H groups in total. The molecule has 23 heavy (non-hydrogen) atoms. The first kappa shape index (κ1) is 19.5. The quantitative estimate of drug-likeness (QED) is 0.472. The van der Waals surface area contributed by atoms with Gasteiger partial charge in [0.1, 0.15) is 24.0 Å². The molecule has 1 aromatic rings. The van der Waals surface area contributed by atoms with Crippen molar-refractivity contribution in [3.05, 3.63) is 29.8 Å². The third kappa shape index (κ3) is 8.00. The molecule has 1 rings (SSSR count). The first-order valence-corrected chi connectivity index (χ1v) is 8.33. The Kier molecular flexibility index (Phi) is 10.1. The van der Waals surface area contributed by atoms with Crippen molar-refractivity contribution in [2.45, 2.75) is 45.6 Å². The summed E-state index contributed by atoms with van der Waals surface area (Å²) in [5, 5.41) is 9.88. The Bertz CT molecular complexity index is 447. The summed E-state index contributed by atoms with van der Waals surface area (Å²) in [6, 6.07) is 6.85. The second-order valence-electron chi connectivity index (χ2n) is 5.32. The molecule has 0 unspecified atom stereocenters. The van der Waals surface area contributed by atoms with Crippen LogP contribution in [0.2, 0.25) is 0 Å². The van der Waals surface area contributed by atoms with Gasteiger partial charge in [0.05, 0.1) is 13.2 Å². The van der Waals surface area contributed by atoms with E-state index in [0.717, 1.165) is 12.8 Å². The SMILES string of the molecule is CCCCCCOC[C@@H](O)COc1ccccc1C(=O)OCC. The Morgan fingerprint density at radius 2 is 1.91 bits per heavy atom. The molecule has 0 aliphatic rings. The molecule has 5 heteroatoms. The predicted octanol–water partition coefficient (Wildman–Crippen LogP) is 3.20. The number of rotatable bonds is 12. The highest BCUT2D eigenvalue weighted by molar-refractivity contribution is 5.92. The zero-order valence-electron chi connectivity index (χ0n) is 14.1. The first-order valence-electron chi connectivity index (χ1n) is 8.33. The van der Waals surface area contributed by atoms with Gasteiger partial charge in [-0.3, -0.25) is 0 Å². The van der Waals surface area contributed by atoms with Gasteiger partial charge in [-0.25, -0.2) is 4.79 Å². The Hall–Kier alpha value is -1.59. The van der Waals surface area contributed by atoms with Gasteiger partial charge in [0.15, 0.2) is 0 Å². The normalized spacial score (nSPS) is 12.0. The van der Waals surface area contributed by atoms with Crippen LogP contribution in [0.1, 0.15) is 49.9 Å². The summed E-state index contributed by atoms with van der Waals surface area (Å²) in [4.78, 5) is 11.8. The van der Waals surface area contributed by atoms with Crippen LogP contribution in [-0.2, 0) is 9.47 Å². The third-order valence-corrected chi connectivity index (χ3v) is 3.27. The van der Waals surface area contributed by atoms with E-state index < -0.39 is 12.1 Å². The number of unbranched alkanes of at least 4 members (excludes halogenated alkanes) is 3. The fourth-order valence-electron chi connectivity index (χ4n) is 2.05. The van der Waals surface area contributed by atoms with Gasteiger partial charge in [-0.1, -0.05) is 38.3 Å². The fraction of sp³-hybridized carbons (Fsp3) is 0.611. The minimum Gasteiger partial charge on any atom is -0.490 e. The summed E-state index contributed by atoms with van der Waals surface area (Å²) < 4.78 is 15.9. The molecule has 5 nitrogen and oxygen atoms in total. The summed E-state index contributed by atoms with van der Waals surface area (Å²) >= 11 is 0. The minimum absolute atomic E-state index is 0.0748. The smallest absolute Gasteiger partial charge is 0.341 e. The van der Waals surface area contributed by atoms with Crippen LogP contribution in [0.25, 0.3) is 0 Å². The number of benzene rings is 1. The largest absolute Gasteiger partial charge is 0.490 e. The van der Waals surface area contributed by atoms with Crippen LogP contribution in [0.3, 0.4) is 0 Å². The molecular formula is C18H28O5. The van der Waals surface area contributed by atoms with Crippen LogP contribution in [-0.4, -0.2) is 43.6 Å². The summed E-state index contributed by atoms with van der Waals surface area (Å²) in [5.74, 6) is -0.0160. The maximum absolute atomic E-state index is 11.8. The molecular weight excluding hydrogens is 296 g/mol. The molecule has 0 spiro atoms. The van der Waals surface area contributed by atoms with Crippen molar-refractivity contribution in [3.8, 4) is 5.75 Å². The highest BCUT2D eigenvalue weighted by atomic mass is 16.5. The molecule has 130 valence electrons. The number of carbonyl (C=O) groups excluding carboxylic acids is 1. The van der Waals surface area contributed by atoms with E-state index in [2.05, 4.69) is 6.92 Å². The zero-order valence-corrected chi connectivity index (χ0v) is 14.1. The van der Waals surface area contributed by atoms with Gasteiger partial charge in [-0.15, -0.1) is 0 Å². The number of hydrogen-bond donors (Lipinski definition) is 1. The highest BCUT2D eigenvalue weighted by Gasteiger charge is 2.14. The average molecular weight is 324 g/mol. The fourth-order valence-corrected chi connectivity index (χ4v) is 2.05. The zero-order chi connectivity index (χ0) is 16.9. The molecule has 0 aliphatic carbocycles. The van der Waals surface area contributed by atoms with Crippen LogP contribution in [0.4, 0.5) is 0 Å². The van der Waals surface area contributed by atoms with E-state index in [1.54, 1.807) is 31.2 Å². The van der Waals surface area contributed by atoms with Gasteiger partial charge in [-0.05, 0) is 25.5 Å². The third-order valence-electron chi connectivity index (χ3n) is 3.27.